The van der Waals surface area contributed by atoms with Crippen molar-refractivity contribution in [1.82, 2.24) is 15.0 Å². The van der Waals surface area contributed by atoms with Gasteiger partial charge in [0.1, 0.15) is 12.1 Å². The van der Waals surface area contributed by atoms with E-state index in [1.165, 1.54) is 4.88 Å². The van der Waals surface area contributed by atoms with Crippen LogP contribution in [0.15, 0.2) is 17.9 Å². The summed E-state index contributed by atoms with van der Waals surface area (Å²) in [5.74, 6) is 0.875. The zero-order valence-electron chi connectivity index (χ0n) is 9.40. The van der Waals surface area contributed by atoms with E-state index in [9.17, 15) is 0 Å². The predicted molar refractivity (Wildman–Crippen MR) is 65.6 cm³/mol. The highest BCUT2D eigenvalue weighted by Gasteiger charge is 2.02. The quantitative estimate of drug-likeness (QED) is 0.882. The van der Waals surface area contributed by atoms with Gasteiger partial charge in [0.05, 0.1) is 17.7 Å². The Kier molecular flexibility index (Phi) is 3.46. The molecule has 0 saturated carbocycles. The molecule has 5 heteroatoms. The zero-order chi connectivity index (χ0) is 11.4. The van der Waals surface area contributed by atoms with Crippen molar-refractivity contribution < 1.29 is 0 Å². The molecule has 0 aliphatic heterocycles. The molecule has 0 fully saturated rings. The topological polar surface area (TPSA) is 50.7 Å². The molecule has 2 aromatic heterocycles. The zero-order valence-corrected chi connectivity index (χ0v) is 10.2. The smallest absolute Gasteiger partial charge is 0.129 e. The van der Waals surface area contributed by atoms with Gasteiger partial charge in [-0.3, -0.25) is 0 Å². The number of anilines is 1. The fourth-order valence-corrected chi connectivity index (χ4v) is 2.07. The number of aryl methyl sites for hydroxylation is 2. The summed E-state index contributed by atoms with van der Waals surface area (Å²) in [5, 5.41) is 3.28. The molecule has 0 aliphatic rings. The number of hydrogen-bond donors (Lipinski definition) is 1. The minimum Gasteiger partial charge on any atom is -0.365 e. The Balaban J connectivity index is 2.02. The maximum atomic E-state index is 4.21. The molecule has 84 valence electrons. The van der Waals surface area contributed by atoms with Crippen LogP contribution in [0.1, 0.15) is 23.2 Å². The number of thiazole rings is 1. The lowest BCUT2D eigenvalue weighted by molar-refractivity contribution is 0.987. The van der Waals surface area contributed by atoms with E-state index < -0.39 is 0 Å². The van der Waals surface area contributed by atoms with E-state index in [0.29, 0.717) is 0 Å². The normalized spacial score (nSPS) is 10.4. The molecule has 16 heavy (non-hydrogen) atoms. The molecule has 0 radical (unpaired) electrons. The van der Waals surface area contributed by atoms with Gasteiger partial charge < -0.3 is 5.32 Å². The van der Waals surface area contributed by atoms with Gasteiger partial charge >= 0.3 is 0 Å². The Hall–Kier alpha value is -1.49. The van der Waals surface area contributed by atoms with Crippen LogP contribution in [0.3, 0.4) is 0 Å². The lowest BCUT2D eigenvalue weighted by atomic mass is 10.3. The molecule has 2 heterocycles. The number of aromatic nitrogens is 3. The van der Waals surface area contributed by atoms with E-state index in [1.54, 1.807) is 17.7 Å². The van der Waals surface area contributed by atoms with Gasteiger partial charge in [0.2, 0.25) is 0 Å². The number of nitrogens with one attached hydrogen (secondary N) is 1. The van der Waals surface area contributed by atoms with Crippen LogP contribution >= 0.6 is 11.3 Å². The van der Waals surface area contributed by atoms with Crippen molar-refractivity contribution in [3.8, 4) is 0 Å². The minimum atomic E-state index is 0.774. The minimum absolute atomic E-state index is 0.774. The van der Waals surface area contributed by atoms with E-state index in [0.717, 1.165) is 30.2 Å². The summed E-state index contributed by atoms with van der Waals surface area (Å²) in [5.41, 5.74) is 4.00. The van der Waals surface area contributed by atoms with E-state index >= 15 is 0 Å². The molecule has 2 rings (SSSR count). The molecular formula is C11H14N4S. The van der Waals surface area contributed by atoms with Gasteiger partial charge in [-0.15, -0.1) is 11.3 Å². The Labute approximate surface area is 98.8 Å². The molecule has 2 aromatic rings. The third-order valence-electron chi connectivity index (χ3n) is 2.36. The van der Waals surface area contributed by atoms with E-state index in [4.69, 9.17) is 0 Å². The van der Waals surface area contributed by atoms with E-state index in [1.807, 2.05) is 18.5 Å². The largest absolute Gasteiger partial charge is 0.365 e. The van der Waals surface area contributed by atoms with Crippen molar-refractivity contribution in [2.24, 2.45) is 0 Å². The number of hydrogen-bond acceptors (Lipinski definition) is 5. The first-order valence-corrected chi connectivity index (χ1v) is 6.11. The monoisotopic (exact) mass is 234 g/mol. The summed E-state index contributed by atoms with van der Waals surface area (Å²) in [6, 6.07) is 1.98. The van der Waals surface area contributed by atoms with Crippen LogP contribution in [0.2, 0.25) is 0 Å². The average molecular weight is 234 g/mol. The molecule has 0 saturated heterocycles. The van der Waals surface area contributed by atoms with Crippen LogP contribution in [-0.2, 0) is 13.0 Å². The van der Waals surface area contributed by atoms with Crippen molar-refractivity contribution in [3.05, 3.63) is 34.2 Å². The molecule has 0 bridgehead atoms. The summed E-state index contributed by atoms with van der Waals surface area (Å²) in [6.07, 6.45) is 2.53. The summed E-state index contributed by atoms with van der Waals surface area (Å²) in [7, 11) is 0. The molecule has 0 spiro atoms. The molecule has 0 aliphatic carbocycles. The van der Waals surface area contributed by atoms with Crippen molar-refractivity contribution in [2.75, 3.05) is 5.32 Å². The summed E-state index contributed by atoms with van der Waals surface area (Å²) in [4.78, 5) is 13.8. The van der Waals surface area contributed by atoms with Gasteiger partial charge in [-0.05, 0) is 13.3 Å². The van der Waals surface area contributed by atoms with Gasteiger partial charge in [-0.25, -0.2) is 15.0 Å². The first kappa shape index (κ1) is 11.0. The van der Waals surface area contributed by atoms with Crippen molar-refractivity contribution >= 4 is 17.2 Å². The first-order valence-electron chi connectivity index (χ1n) is 5.23. The van der Waals surface area contributed by atoms with Gasteiger partial charge in [0.25, 0.3) is 0 Å². The van der Waals surface area contributed by atoms with Crippen LogP contribution < -0.4 is 5.32 Å². The fourth-order valence-electron chi connectivity index (χ4n) is 1.35. The highest BCUT2D eigenvalue weighted by atomic mass is 32.1. The molecule has 0 atom stereocenters. The second-order valence-electron chi connectivity index (χ2n) is 3.46. The maximum absolute atomic E-state index is 4.21. The van der Waals surface area contributed by atoms with Gasteiger partial charge in [-0.2, -0.15) is 0 Å². The fraction of sp³-hybridized carbons (Fsp3) is 0.364. The SMILES string of the molecule is CCc1cc(NCc2scnc2C)ncn1. The Bertz CT molecular complexity index is 467. The van der Waals surface area contributed by atoms with Gasteiger partial charge in [0, 0.05) is 16.6 Å². The third-order valence-corrected chi connectivity index (χ3v) is 3.30. The highest BCUT2D eigenvalue weighted by molar-refractivity contribution is 7.09. The molecular weight excluding hydrogens is 220 g/mol. The number of rotatable bonds is 4. The lowest BCUT2D eigenvalue weighted by Crippen LogP contribution is -2.02. The van der Waals surface area contributed by atoms with Gasteiger partial charge in [-0.1, -0.05) is 6.92 Å². The maximum Gasteiger partial charge on any atom is 0.129 e. The lowest BCUT2D eigenvalue weighted by Gasteiger charge is -2.05. The number of nitrogens with zero attached hydrogens (tertiary/aromatic N) is 3. The first-order chi connectivity index (χ1) is 7.79. The highest BCUT2D eigenvalue weighted by Crippen LogP contribution is 2.14. The average Bonchev–Trinajstić information content (AvgIpc) is 2.72. The van der Waals surface area contributed by atoms with Crippen molar-refractivity contribution in [1.29, 1.82) is 0 Å². The summed E-state index contributed by atoms with van der Waals surface area (Å²) in [6.45, 7) is 4.88. The summed E-state index contributed by atoms with van der Waals surface area (Å²) >= 11 is 1.66. The van der Waals surface area contributed by atoms with Crippen LogP contribution in [-0.4, -0.2) is 15.0 Å². The molecule has 1 N–H and O–H groups in total. The van der Waals surface area contributed by atoms with Crippen LogP contribution in [0, 0.1) is 6.92 Å². The predicted octanol–water partition coefficient (Wildman–Crippen LogP) is 2.42. The van der Waals surface area contributed by atoms with Crippen LogP contribution in [0.4, 0.5) is 5.82 Å². The standard InChI is InChI=1S/C11H14N4S/c1-3-9-4-11(14-6-13-9)12-5-10-8(2)15-7-16-10/h4,6-7H,3,5H2,1-2H3,(H,12,13,14). The van der Waals surface area contributed by atoms with Crippen LogP contribution in [0.5, 0.6) is 0 Å². The molecule has 0 amide bonds. The molecule has 0 aromatic carbocycles. The Morgan fingerprint density at radius 2 is 2.19 bits per heavy atom. The van der Waals surface area contributed by atoms with Crippen molar-refractivity contribution in [3.63, 3.8) is 0 Å². The Morgan fingerprint density at radius 1 is 1.31 bits per heavy atom. The second-order valence-corrected chi connectivity index (χ2v) is 4.40. The second kappa shape index (κ2) is 5.03. The molecule has 0 unspecified atom stereocenters. The Morgan fingerprint density at radius 3 is 2.88 bits per heavy atom. The summed E-state index contributed by atoms with van der Waals surface area (Å²) < 4.78 is 0. The molecule has 4 nitrogen and oxygen atoms in total. The van der Waals surface area contributed by atoms with Gasteiger partial charge in [0.15, 0.2) is 0 Å². The van der Waals surface area contributed by atoms with Crippen molar-refractivity contribution in [2.45, 2.75) is 26.8 Å². The van der Waals surface area contributed by atoms with E-state index in [2.05, 4.69) is 27.2 Å². The third kappa shape index (κ3) is 2.55. The van der Waals surface area contributed by atoms with Crippen LogP contribution in [0.25, 0.3) is 0 Å². The van der Waals surface area contributed by atoms with E-state index in [-0.39, 0.29) is 0 Å².